The Morgan fingerprint density at radius 3 is 2.44 bits per heavy atom. The maximum atomic E-state index is 12.2. The van der Waals surface area contributed by atoms with Gasteiger partial charge in [0.2, 0.25) is 5.89 Å². The first-order chi connectivity index (χ1) is 8.49. The number of piperidine rings is 1. The summed E-state index contributed by atoms with van der Waals surface area (Å²) in [6, 6.07) is 0. The van der Waals surface area contributed by atoms with Crippen LogP contribution < -0.4 is 0 Å². The second-order valence-corrected chi connectivity index (χ2v) is 4.40. The van der Waals surface area contributed by atoms with Gasteiger partial charge in [-0.1, -0.05) is 0 Å². The average molecular weight is 265 g/mol. The number of likely N-dealkylation sites (tertiary alicyclic amines) is 1. The van der Waals surface area contributed by atoms with Crippen molar-refractivity contribution in [2.24, 2.45) is 5.92 Å². The molecule has 0 aliphatic carbocycles. The van der Waals surface area contributed by atoms with Crippen molar-refractivity contribution in [1.82, 2.24) is 15.1 Å². The van der Waals surface area contributed by atoms with Gasteiger partial charge in [-0.05, 0) is 31.8 Å². The second kappa shape index (κ2) is 5.23. The predicted molar refractivity (Wildman–Crippen MR) is 54.4 cm³/mol. The zero-order valence-corrected chi connectivity index (χ0v) is 9.65. The topological polar surface area (TPSA) is 62.4 Å². The van der Waals surface area contributed by atoms with Crippen molar-refractivity contribution in [3.63, 3.8) is 0 Å². The van der Waals surface area contributed by atoms with Gasteiger partial charge < -0.3 is 9.52 Å². The SMILES string of the molecule is OCC1CCN(Cc2nnc(C(F)(F)F)o2)CC1. The van der Waals surface area contributed by atoms with Crippen LogP contribution in [0.2, 0.25) is 0 Å². The second-order valence-electron chi connectivity index (χ2n) is 4.40. The molecule has 102 valence electrons. The minimum absolute atomic E-state index is 0.0234. The van der Waals surface area contributed by atoms with Gasteiger partial charge in [0, 0.05) is 6.61 Å². The number of hydrogen-bond acceptors (Lipinski definition) is 5. The summed E-state index contributed by atoms with van der Waals surface area (Å²) in [5, 5.41) is 15.3. The highest BCUT2D eigenvalue weighted by molar-refractivity contribution is 4.87. The first kappa shape index (κ1) is 13.3. The fourth-order valence-corrected chi connectivity index (χ4v) is 1.95. The molecule has 2 rings (SSSR count). The van der Waals surface area contributed by atoms with E-state index in [0.29, 0.717) is 0 Å². The Balaban J connectivity index is 1.89. The van der Waals surface area contributed by atoms with E-state index in [9.17, 15) is 13.2 Å². The molecule has 0 saturated carbocycles. The summed E-state index contributed by atoms with van der Waals surface area (Å²) in [5.41, 5.74) is 0. The lowest BCUT2D eigenvalue weighted by Crippen LogP contribution is -2.34. The number of alkyl halides is 3. The number of aliphatic hydroxyl groups is 1. The number of nitrogens with zero attached hydrogens (tertiary/aromatic N) is 3. The Morgan fingerprint density at radius 2 is 1.94 bits per heavy atom. The Morgan fingerprint density at radius 1 is 1.28 bits per heavy atom. The molecular weight excluding hydrogens is 251 g/mol. The molecule has 0 aromatic carbocycles. The largest absolute Gasteiger partial charge is 0.470 e. The fourth-order valence-electron chi connectivity index (χ4n) is 1.95. The number of hydrogen-bond donors (Lipinski definition) is 1. The van der Waals surface area contributed by atoms with Crippen LogP contribution in [0.15, 0.2) is 4.42 Å². The molecule has 5 nitrogen and oxygen atoms in total. The van der Waals surface area contributed by atoms with Crippen LogP contribution in [0, 0.1) is 5.92 Å². The minimum Gasteiger partial charge on any atom is -0.416 e. The fraction of sp³-hybridized carbons (Fsp3) is 0.800. The summed E-state index contributed by atoms with van der Waals surface area (Å²) in [7, 11) is 0. The lowest BCUT2D eigenvalue weighted by molar-refractivity contribution is -0.157. The van der Waals surface area contributed by atoms with Crippen LogP contribution in [0.4, 0.5) is 13.2 Å². The molecule has 1 fully saturated rings. The highest BCUT2D eigenvalue weighted by Crippen LogP contribution is 2.28. The molecule has 1 aromatic rings. The summed E-state index contributed by atoms with van der Waals surface area (Å²) in [4.78, 5) is 1.94. The molecule has 1 aliphatic heterocycles. The van der Waals surface area contributed by atoms with Gasteiger partial charge in [-0.3, -0.25) is 4.90 Å². The van der Waals surface area contributed by atoms with E-state index in [0.717, 1.165) is 25.9 Å². The average Bonchev–Trinajstić information content (AvgIpc) is 2.78. The highest BCUT2D eigenvalue weighted by atomic mass is 19.4. The third-order valence-electron chi connectivity index (χ3n) is 3.03. The monoisotopic (exact) mass is 265 g/mol. The van der Waals surface area contributed by atoms with Gasteiger partial charge in [-0.25, -0.2) is 0 Å². The summed E-state index contributed by atoms with van der Waals surface area (Å²) in [6.45, 7) is 1.82. The van der Waals surface area contributed by atoms with Crippen molar-refractivity contribution in [3.8, 4) is 0 Å². The van der Waals surface area contributed by atoms with E-state index >= 15 is 0 Å². The number of rotatable bonds is 3. The van der Waals surface area contributed by atoms with Crippen LogP contribution >= 0.6 is 0 Å². The van der Waals surface area contributed by atoms with Crippen molar-refractivity contribution in [1.29, 1.82) is 0 Å². The molecule has 0 bridgehead atoms. The standard InChI is InChI=1S/C10H14F3N3O2/c11-10(12,13)9-15-14-8(18-9)5-16-3-1-7(6-17)2-4-16/h7,17H,1-6H2. The van der Waals surface area contributed by atoms with E-state index in [2.05, 4.69) is 14.6 Å². The molecule has 0 atom stereocenters. The Hall–Kier alpha value is -1.15. The first-order valence-corrected chi connectivity index (χ1v) is 5.72. The van der Waals surface area contributed by atoms with Crippen LogP contribution in [-0.2, 0) is 12.7 Å². The minimum atomic E-state index is -4.59. The third-order valence-corrected chi connectivity index (χ3v) is 3.03. The van der Waals surface area contributed by atoms with Crippen molar-refractivity contribution >= 4 is 0 Å². The van der Waals surface area contributed by atoms with Crippen molar-refractivity contribution in [3.05, 3.63) is 11.8 Å². The first-order valence-electron chi connectivity index (χ1n) is 5.72. The van der Waals surface area contributed by atoms with E-state index in [4.69, 9.17) is 5.11 Å². The molecular formula is C10H14F3N3O2. The smallest absolute Gasteiger partial charge is 0.416 e. The van der Waals surface area contributed by atoms with Crippen molar-refractivity contribution in [2.45, 2.75) is 25.6 Å². The number of aromatic nitrogens is 2. The van der Waals surface area contributed by atoms with Gasteiger partial charge in [-0.2, -0.15) is 13.2 Å². The lowest BCUT2D eigenvalue weighted by atomic mass is 9.98. The summed E-state index contributed by atoms with van der Waals surface area (Å²) < 4.78 is 41.3. The van der Waals surface area contributed by atoms with Crippen molar-refractivity contribution in [2.75, 3.05) is 19.7 Å². The Bertz CT molecular complexity index is 386. The molecule has 1 aromatic heterocycles. The lowest BCUT2D eigenvalue weighted by Gasteiger charge is -2.29. The highest BCUT2D eigenvalue weighted by Gasteiger charge is 2.38. The van der Waals surface area contributed by atoms with E-state index < -0.39 is 12.1 Å². The number of halogens is 3. The van der Waals surface area contributed by atoms with Gasteiger partial charge in [0.05, 0.1) is 6.54 Å². The van der Waals surface area contributed by atoms with E-state index in [1.807, 2.05) is 4.90 Å². The maximum Gasteiger partial charge on any atom is 0.470 e. The van der Waals surface area contributed by atoms with Gasteiger partial charge in [0.15, 0.2) is 0 Å². The molecule has 18 heavy (non-hydrogen) atoms. The molecule has 8 heteroatoms. The molecule has 2 heterocycles. The van der Waals surface area contributed by atoms with E-state index in [1.54, 1.807) is 0 Å². The van der Waals surface area contributed by atoms with E-state index in [-0.39, 0.29) is 25.0 Å². The van der Waals surface area contributed by atoms with Crippen LogP contribution in [-0.4, -0.2) is 39.9 Å². The summed E-state index contributed by atoms with van der Waals surface area (Å²) >= 11 is 0. The quantitative estimate of drug-likeness (QED) is 0.892. The van der Waals surface area contributed by atoms with Crippen LogP contribution in [0.3, 0.4) is 0 Å². The van der Waals surface area contributed by atoms with Crippen molar-refractivity contribution < 1.29 is 22.7 Å². The molecule has 0 unspecified atom stereocenters. The third kappa shape index (κ3) is 3.20. The van der Waals surface area contributed by atoms with E-state index in [1.165, 1.54) is 0 Å². The number of aliphatic hydroxyl groups excluding tert-OH is 1. The molecule has 1 saturated heterocycles. The Kier molecular flexibility index (Phi) is 3.86. The molecule has 0 spiro atoms. The van der Waals surface area contributed by atoms with Gasteiger partial charge >= 0.3 is 12.1 Å². The zero-order valence-electron chi connectivity index (χ0n) is 9.65. The van der Waals surface area contributed by atoms with Crippen LogP contribution in [0.5, 0.6) is 0 Å². The van der Waals surface area contributed by atoms with Gasteiger partial charge in [-0.15, -0.1) is 10.2 Å². The Labute approximate surface area is 102 Å². The molecule has 1 N–H and O–H groups in total. The summed E-state index contributed by atoms with van der Waals surface area (Å²) in [5.74, 6) is -1.04. The predicted octanol–water partition coefficient (Wildman–Crippen LogP) is 1.29. The molecule has 0 amide bonds. The van der Waals surface area contributed by atoms with Crippen LogP contribution in [0.25, 0.3) is 0 Å². The summed E-state index contributed by atoms with van der Waals surface area (Å²) in [6.07, 6.45) is -2.93. The van der Waals surface area contributed by atoms with Crippen LogP contribution in [0.1, 0.15) is 24.6 Å². The molecule has 1 aliphatic rings. The molecule has 0 radical (unpaired) electrons. The maximum absolute atomic E-state index is 12.2. The zero-order chi connectivity index (χ0) is 13.2. The normalized spacial score (nSPS) is 19.3. The van der Waals surface area contributed by atoms with Gasteiger partial charge in [0.25, 0.3) is 0 Å². The van der Waals surface area contributed by atoms with Gasteiger partial charge in [0.1, 0.15) is 0 Å².